The van der Waals surface area contributed by atoms with E-state index in [0.717, 1.165) is 30.6 Å². The van der Waals surface area contributed by atoms with Crippen molar-refractivity contribution in [2.45, 2.75) is 20.3 Å². The van der Waals surface area contributed by atoms with Crippen molar-refractivity contribution in [1.82, 2.24) is 10.6 Å². The van der Waals surface area contributed by atoms with Crippen LogP contribution < -0.4 is 10.6 Å². The first-order valence-electron chi connectivity index (χ1n) is 5.27. The van der Waals surface area contributed by atoms with Crippen LogP contribution >= 0.6 is 11.3 Å². The molecule has 0 aromatic carbocycles. The molecule has 0 saturated heterocycles. The van der Waals surface area contributed by atoms with Crippen molar-refractivity contribution in [1.29, 1.82) is 0 Å². The van der Waals surface area contributed by atoms with Gasteiger partial charge in [0.2, 0.25) is 0 Å². The van der Waals surface area contributed by atoms with Gasteiger partial charge in [0, 0.05) is 18.5 Å². The Kier molecular flexibility index (Phi) is 5.36. The number of nitrogens with one attached hydrogen (secondary N) is 2. The van der Waals surface area contributed by atoms with Crippen molar-refractivity contribution >= 4 is 17.2 Å². The first-order chi connectivity index (χ1) is 7.25. The summed E-state index contributed by atoms with van der Waals surface area (Å²) < 4.78 is 0. The lowest BCUT2D eigenvalue weighted by Gasteiger charge is -2.05. The number of carbonyl (C=O) groups excluding carboxylic acids is 1. The highest BCUT2D eigenvalue weighted by molar-refractivity contribution is 7.08. The fourth-order valence-corrected chi connectivity index (χ4v) is 2.08. The summed E-state index contributed by atoms with van der Waals surface area (Å²) >= 11 is 1.57. The third-order valence-electron chi connectivity index (χ3n) is 2.11. The molecule has 1 aromatic rings. The van der Waals surface area contributed by atoms with Crippen LogP contribution in [-0.2, 0) is 0 Å². The van der Waals surface area contributed by atoms with Gasteiger partial charge in [-0.1, -0.05) is 6.92 Å². The van der Waals surface area contributed by atoms with E-state index in [0.29, 0.717) is 6.54 Å². The van der Waals surface area contributed by atoms with E-state index in [4.69, 9.17) is 0 Å². The van der Waals surface area contributed by atoms with Crippen molar-refractivity contribution in [3.8, 4) is 0 Å². The highest BCUT2D eigenvalue weighted by Gasteiger charge is 2.07. The average Bonchev–Trinajstić information content (AvgIpc) is 2.64. The lowest BCUT2D eigenvalue weighted by atomic mass is 10.2. The minimum Gasteiger partial charge on any atom is -0.351 e. The van der Waals surface area contributed by atoms with E-state index < -0.39 is 0 Å². The van der Waals surface area contributed by atoms with Crippen LogP contribution in [0.25, 0.3) is 0 Å². The van der Waals surface area contributed by atoms with Crippen LogP contribution in [0.3, 0.4) is 0 Å². The normalized spacial score (nSPS) is 10.3. The van der Waals surface area contributed by atoms with Crippen LogP contribution in [0.1, 0.15) is 29.3 Å². The van der Waals surface area contributed by atoms with Crippen molar-refractivity contribution < 1.29 is 4.79 Å². The van der Waals surface area contributed by atoms with E-state index in [-0.39, 0.29) is 5.91 Å². The Morgan fingerprint density at radius 2 is 2.13 bits per heavy atom. The first kappa shape index (κ1) is 12.2. The predicted octanol–water partition coefficient (Wildman–Crippen LogP) is 1.79. The summed E-state index contributed by atoms with van der Waals surface area (Å²) in [5.41, 5.74) is 1.86. The first-order valence-corrected chi connectivity index (χ1v) is 6.21. The molecule has 0 aliphatic carbocycles. The second-order valence-electron chi connectivity index (χ2n) is 3.47. The molecule has 0 spiro atoms. The molecule has 0 aliphatic rings. The zero-order valence-corrected chi connectivity index (χ0v) is 10.1. The number of thiophene rings is 1. The molecule has 1 aromatic heterocycles. The second kappa shape index (κ2) is 6.58. The van der Waals surface area contributed by atoms with Gasteiger partial charge < -0.3 is 10.6 Å². The summed E-state index contributed by atoms with van der Waals surface area (Å²) in [5, 5.41) is 10.0. The summed E-state index contributed by atoms with van der Waals surface area (Å²) in [6.45, 7) is 6.62. The maximum Gasteiger partial charge on any atom is 0.252 e. The van der Waals surface area contributed by atoms with Crippen LogP contribution in [0, 0.1) is 6.92 Å². The van der Waals surface area contributed by atoms with Crippen LogP contribution in [0.15, 0.2) is 10.8 Å². The molecule has 0 unspecified atom stereocenters. The van der Waals surface area contributed by atoms with E-state index in [1.54, 1.807) is 11.3 Å². The molecule has 0 fully saturated rings. The topological polar surface area (TPSA) is 41.1 Å². The molecule has 15 heavy (non-hydrogen) atoms. The highest BCUT2D eigenvalue weighted by atomic mass is 32.1. The van der Waals surface area contributed by atoms with Crippen molar-refractivity contribution in [3.05, 3.63) is 21.9 Å². The van der Waals surface area contributed by atoms with Gasteiger partial charge in [0.05, 0.1) is 5.56 Å². The SMILES string of the molecule is CCCNCCNC(=O)c1cscc1C. The van der Waals surface area contributed by atoms with Gasteiger partial charge in [-0.05, 0) is 30.8 Å². The monoisotopic (exact) mass is 226 g/mol. The van der Waals surface area contributed by atoms with Crippen LogP contribution in [-0.4, -0.2) is 25.5 Å². The summed E-state index contributed by atoms with van der Waals surface area (Å²) in [7, 11) is 0. The quantitative estimate of drug-likeness (QED) is 0.726. The summed E-state index contributed by atoms with van der Waals surface area (Å²) in [6.07, 6.45) is 1.12. The molecule has 3 nitrogen and oxygen atoms in total. The van der Waals surface area contributed by atoms with Gasteiger partial charge in [0.25, 0.3) is 5.91 Å². The Morgan fingerprint density at radius 1 is 1.33 bits per heavy atom. The molecule has 0 atom stereocenters. The van der Waals surface area contributed by atoms with Gasteiger partial charge in [-0.2, -0.15) is 11.3 Å². The lowest BCUT2D eigenvalue weighted by Crippen LogP contribution is -2.32. The van der Waals surface area contributed by atoms with Gasteiger partial charge in [0.1, 0.15) is 0 Å². The van der Waals surface area contributed by atoms with Crippen LogP contribution in [0.4, 0.5) is 0 Å². The van der Waals surface area contributed by atoms with Gasteiger partial charge in [-0.3, -0.25) is 4.79 Å². The Hall–Kier alpha value is -0.870. The zero-order chi connectivity index (χ0) is 11.1. The molecule has 0 aliphatic heterocycles. The molecule has 84 valence electrons. The summed E-state index contributed by atoms with van der Waals surface area (Å²) in [4.78, 5) is 11.6. The molecule has 4 heteroatoms. The van der Waals surface area contributed by atoms with Gasteiger partial charge >= 0.3 is 0 Å². The molecule has 1 rings (SSSR count). The minimum atomic E-state index is 0.0343. The number of amides is 1. The predicted molar refractivity (Wildman–Crippen MR) is 64.5 cm³/mol. The van der Waals surface area contributed by atoms with E-state index in [1.807, 2.05) is 17.7 Å². The average molecular weight is 226 g/mol. The zero-order valence-electron chi connectivity index (χ0n) is 9.30. The Labute approximate surface area is 94.9 Å². The lowest BCUT2D eigenvalue weighted by molar-refractivity contribution is 0.0954. The Balaban J connectivity index is 2.22. The largest absolute Gasteiger partial charge is 0.351 e. The second-order valence-corrected chi connectivity index (χ2v) is 4.22. The fourth-order valence-electron chi connectivity index (χ4n) is 1.25. The molecule has 0 saturated carbocycles. The summed E-state index contributed by atoms with van der Waals surface area (Å²) in [6, 6.07) is 0. The van der Waals surface area contributed by atoms with E-state index in [1.165, 1.54) is 0 Å². The Bertz CT molecular complexity index is 309. The van der Waals surface area contributed by atoms with Crippen molar-refractivity contribution in [2.75, 3.05) is 19.6 Å². The molecular weight excluding hydrogens is 208 g/mol. The number of aryl methyl sites for hydroxylation is 1. The molecular formula is C11H18N2OS. The van der Waals surface area contributed by atoms with E-state index in [2.05, 4.69) is 17.6 Å². The van der Waals surface area contributed by atoms with Gasteiger partial charge in [0.15, 0.2) is 0 Å². The highest BCUT2D eigenvalue weighted by Crippen LogP contribution is 2.12. The standard InChI is InChI=1S/C11H18N2OS/c1-3-4-12-5-6-13-11(14)10-8-15-7-9(10)2/h7-8,12H,3-6H2,1-2H3,(H,13,14). The van der Waals surface area contributed by atoms with Crippen molar-refractivity contribution in [3.63, 3.8) is 0 Å². The van der Waals surface area contributed by atoms with Crippen LogP contribution in [0.5, 0.6) is 0 Å². The smallest absolute Gasteiger partial charge is 0.252 e. The molecule has 0 radical (unpaired) electrons. The minimum absolute atomic E-state index is 0.0343. The van der Waals surface area contributed by atoms with Gasteiger partial charge in [-0.15, -0.1) is 0 Å². The van der Waals surface area contributed by atoms with Gasteiger partial charge in [-0.25, -0.2) is 0 Å². The fraction of sp³-hybridized carbons (Fsp3) is 0.545. The molecule has 0 bridgehead atoms. The number of rotatable bonds is 6. The maximum atomic E-state index is 11.6. The third kappa shape index (κ3) is 4.01. The van der Waals surface area contributed by atoms with Crippen molar-refractivity contribution in [2.24, 2.45) is 0 Å². The van der Waals surface area contributed by atoms with E-state index in [9.17, 15) is 4.79 Å². The Morgan fingerprint density at radius 3 is 2.73 bits per heavy atom. The molecule has 1 amide bonds. The van der Waals surface area contributed by atoms with E-state index >= 15 is 0 Å². The molecule has 1 heterocycles. The number of hydrogen-bond acceptors (Lipinski definition) is 3. The maximum absolute atomic E-state index is 11.6. The van der Waals surface area contributed by atoms with Crippen LogP contribution in [0.2, 0.25) is 0 Å². The number of hydrogen-bond donors (Lipinski definition) is 2. The third-order valence-corrected chi connectivity index (χ3v) is 2.98. The summed E-state index contributed by atoms with van der Waals surface area (Å²) in [5.74, 6) is 0.0343. The number of carbonyl (C=O) groups is 1. The molecule has 2 N–H and O–H groups in total.